The molecule has 0 aliphatic heterocycles. The Kier molecular flexibility index (Phi) is 17.2. The number of hydrogen-bond donors (Lipinski definition) is 3. The quantitative estimate of drug-likeness (QED) is 0.187. The van der Waals surface area contributed by atoms with Crippen LogP contribution >= 0.6 is 7.82 Å². The van der Waals surface area contributed by atoms with Crippen molar-refractivity contribution in [1.29, 1.82) is 0 Å². The summed E-state index contributed by atoms with van der Waals surface area (Å²) in [6.07, 6.45) is 10.6. The molecule has 3 N–H and O–H groups in total. The van der Waals surface area contributed by atoms with Gasteiger partial charge in [0.2, 0.25) is 0 Å². The lowest BCUT2D eigenvalue weighted by Crippen LogP contribution is -1.95. The number of phosphoric acid groups is 1. The summed E-state index contributed by atoms with van der Waals surface area (Å²) in [7, 11) is -4.64. The van der Waals surface area contributed by atoms with Crippen LogP contribution in [0.5, 0.6) is 0 Å². The van der Waals surface area contributed by atoms with Gasteiger partial charge in [-0.05, 0) is 24.5 Å². The van der Waals surface area contributed by atoms with Crippen LogP contribution in [-0.4, -0.2) is 21.3 Å². The predicted octanol–water partition coefficient (Wildman–Crippen LogP) is 2.83. The second kappa shape index (κ2) is 15.6. The van der Waals surface area contributed by atoms with Gasteiger partial charge in [0.1, 0.15) is 6.26 Å². The molecule has 116 valence electrons. The highest BCUT2D eigenvalue weighted by Gasteiger charge is 2.00. The van der Waals surface area contributed by atoms with Gasteiger partial charge in [-0.15, -0.1) is 0 Å². The molecule has 7 nitrogen and oxygen atoms in total. The normalized spacial score (nSPS) is 11.2. The third-order valence-electron chi connectivity index (χ3n) is 1.86. The minimum atomic E-state index is -4.64. The van der Waals surface area contributed by atoms with E-state index in [2.05, 4.69) is 16.8 Å². The number of hydrogen-bond acceptors (Lipinski definition) is 4. The van der Waals surface area contributed by atoms with E-state index in [1.807, 2.05) is 6.92 Å². The Morgan fingerprint density at radius 2 is 1.58 bits per heavy atom. The van der Waals surface area contributed by atoms with Crippen LogP contribution in [0.4, 0.5) is 0 Å². The SMILES string of the molecule is CC=COOOCCCCCCCC.O=P(O)(O)O. The van der Waals surface area contributed by atoms with Crippen molar-refractivity contribution in [3.8, 4) is 0 Å². The highest BCUT2D eigenvalue weighted by atomic mass is 31.2. The molecule has 19 heavy (non-hydrogen) atoms. The fourth-order valence-corrected chi connectivity index (χ4v) is 1.08. The molecule has 0 aliphatic rings. The summed E-state index contributed by atoms with van der Waals surface area (Å²) in [6, 6.07) is 0. The topological polar surface area (TPSA) is 105 Å². The third-order valence-corrected chi connectivity index (χ3v) is 1.86. The van der Waals surface area contributed by atoms with Gasteiger partial charge < -0.3 is 19.6 Å². The summed E-state index contributed by atoms with van der Waals surface area (Å²) >= 11 is 0. The van der Waals surface area contributed by atoms with E-state index >= 15 is 0 Å². The maximum atomic E-state index is 8.88. The molecule has 0 saturated heterocycles. The second-order valence-electron chi connectivity index (χ2n) is 3.74. The van der Waals surface area contributed by atoms with E-state index in [1.165, 1.54) is 38.4 Å². The maximum Gasteiger partial charge on any atom is 0.466 e. The zero-order valence-corrected chi connectivity index (χ0v) is 12.4. The van der Waals surface area contributed by atoms with Crippen molar-refractivity contribution in [1.82, 2.24) is 0 Å². The molecule has 0 saturated carbocycles. The van der Waals surface area contributed by atoms with Gasteiger partial charge in [-0.2, -0.15) is 4.89 Å². The van der Waals surface area contributed by atoms with Crippen molar-refractivity contribution in [2.24, 2.45) is 0 Å². The van der Waals surface area contributed by atoms with Gasteiger partial charge in [-0.1, -0.05) is 39.0 Å². The third kappa shape index (κ3) is 38.1. The Morgan fingerprint density at radius 3 is 2.11 bits per heavy atom. The molecule has 0 radical (unpaired) electrons. The first-order valence-corrected chi connectivity index (χ1v) is 7.82. The molecule has 0 heterocycles. The van der Waals surface area contributed by atoms with E-state index in [4.69, 9.17) is 24.1 Å². The Morgan fingerprint density at radius 1 is 1.05 bits per heavy atom. The molecule has 0 rings (SSSR count). The van der Waals surface area contributed by atoms with Gasteiger partial charge in [0, 0.05) is 0 Å². The minimum Gasteiger partial charge on any atom is -0.317 e. The average Bonchev–Trinajstić information content (AvgIpc) is 2.29. The average molecular weight is 300 g/mol. The molecule has 0 aliphatic carbocycles. The largest absolute Gasteiger partial charge is 0.466 e. The van der Waals surface area contributed by atoms with Crippen molar-refractivity contribution in [3.05, 3.63) is 12.3 Å². The van der Waals surface area contributed by atoms with Gasteiger partial charge in [0.25, 0.3) is 0 Å². The fourth-order valence-electron chi connectivity index (χ4n) is 1.08. The van der Waals surface area contributed by atoms with Crippen LogP contribution in [0.2, 0.25) is 0 Å². The van der Waals surface area contributed by atoms with Crippen LogP contribution in [-0.2, 0) is 19.4 Å². The molecule has 0 aromatic heterocycles. The zero-order chi connectivity index (χ0) is 15.0. The van der Waals surface area contributed by atoms with Crippen LogP contribution in [0.3, 0.4) is 0 Å². The van der Waals surface area contributed by atoms with Gasteiger partial charge in [0.15, 0.2) is 0 Å². The van der Waals surface area contributed by atoms with Crippen molar-refractivity contribution < 1.29 is 34.1 Å². The molecule has 0 spiro atoms. The van der Waals surface area contributed by atoms with E-state index < -0.39 is 7.82 Å². The molecule has 0 bridgehead atoms. The van der Waals surface area contributed by atoms with Crippen LogP contribution in [0.15, 0.2) is 12.3 Å². The smallest absolute Gasteiger partial charge is 0.317 e. The first-order chi connectivity index (χ1) is 8.91. The standard InChI is InChI=1S/C11H22O3.H3O4P/c1-3-5-6-7-8-9-11-13-14-12-10-4-2;1-5(2,3)4/h4,10H,3,5-9,11H2,1-2H3;(H3,1,2,3,4). The summed E-state index contributed by atoms with van der Waals surface area (Å²) in [4.78, 5) is 30.9. The van der Waals surface area contributed by atoms with E-state index in [-0.39, 0.29) is 0 Å². The second-order valence-corrected chi connectivity index (χ2v) is 4.76. The first-order valence-electron chi connectivity index (χ1n) is 6.26. The lowest BCUT2D eigenvalue weighted by atomic mass is 10.1. The van der Waals surface area contributed by atoms with Crippen molar-refractivity contribution in [3.63, 3.8) is 0 Å². The summed E-state index contributed by atoms with van der Waals surface area (Å²) < 4.78 is 8.88. The Balaban J connectivity index is 0. The monoisotopic (exact) mass is 300 g/mol. The molecule has 8 heteroatoms. The molecule has 0 atom stereocenters. The Hall–Kier alpha value is -0.430. The summed E-state index contributed by atoms with van der Waals surface area (Å²) in [5, 5.41) is 4.41. The maximum absolute atomic E-state index is 8.88. The van der Waals surface area contributed by atoms with Crippen molar-refractivity contribution in [2.75, 3.05) is 6.61 Å². The van der Waals surface area contributed by atoms with Gasteiger partial charge in [0.05, 0.1) is 6.61 Å². The van der Waals surface area contributed by atoms with Gasteiger partial charge in [-0.25, -0.2) is 4.57 Å². The molecule has 0 unspecified atom stereocenters. The minimum absolute atomic E-state index is 0.601. The molecular formula is C11H25O7P. The molecule has 0 amide bonds. The number of allylic oxidation sites excluding steroid dienone is 1. The first kappa shape index (κ1) is 20.9. The summed E-state index contributed by atoms with van der Waals surface area (Å²) in [5.74, 6) is 0. The summed E-state index contributed by atoms with van der Waals surface area (Å²) in [6.45, 7) is 4.66. The highest BCUT2D eigenvalue weighted by molar-refractivity contribution is 7.45. The summed E-state index contributed by atoms with van der Waals surface area (Å²) in [5.41, 5.74) is 0. The fraction of sp³-hybridized carbons (Fsp3) is 0.818. The lowest BCUT2D eigenvalue weighted by molar-refractivity contribution is -0.490. The highest BCUT2D eigenvalue weighted by Crippen LogP contribution is 2.25. The Labute approximate surface area is 114 Å². The molecule has 0 aromatic carbocycles. The van der Waals surface area contributed by atoms with E-state index in [1.54, 1.807) is 6.08 Å². The van der Waals surface area contributed by atoms with Crippen LogP contribution in [0.1, 0.15) is 52.4 Å². The predicted molar refractivity (Wildman–Crippen MR) is 70.6 cm³/mol. The number of unbranched alkanes of at least 4 members (excludes halogenated alkanes) is 5. The van der Waals surface area contributed by atoms with Crippen LogP contribution in [0.25, 0.3) is 0 Å². The molecular weight excluding hydrogens is 275 g/mol. The van der Waals surface area contributed by atoms with Gasteiger partial charge >= 0.3 is 7.82 Å². The number of rotatable bonds is 10. The van der Waals surface area contributed by atoms with Crippen LogP contribution in [0, 0.1) is 0 Å². The van der Waals surface area contributed by atoms with Crippen LogP contribution < -0.4 is 0 Å². The van der Waals surface area contributed by atoms with Crippen molar-refractivity contribution >= 4 is 7.82 Å². The van der Waals surface area contributed by atoms with E-state index in [0.29, 0.717) is 6.61 Å². The van der Waals surface area contributed by atoms with Gasteiger partial charge in [-0.3, -0.25) is 0 Å². The van der Waals surface area contributed by atoms with E-state index in [0.717, 1.165) is 6.42 Å². The van der Waals surface area contributed by atoms with Crippen molar-refractivity contribution in [2.45, 2.75) is 52.4 Å². The van der Waals surface area contributed by atoms with E-state index in [9.17, 15) is 0 Å². The molecule has 0 aromatic rings. The Bertz CT molecular complexity index is 231. The lowest BCUT2D eigenvalue weighted by Gasteiger charge is -2.00. The zero-order valence-electron chi connectivity index (χ0n) is 11.5. The molecule has 0 fully saturated rings.